The molecule has 2 heterocycles. The number of thiazole rings is 1. The van der Waals surface area contributed by atoms with Crippen LogP contribution in [0.25, 0.3) is 10.2 Å². The van der Waals surface area contributed by atoms with Crippen molar-refractivity contribution >= 4 is 42.6 Å². The van der Waals surface area contributed by atoms with Crippen molar-refractivity contribution in [2.75, 3.05) is 38.1 Å². The van der Waals surface area contributed by atoms with Crippen LogP contribution in [0.2, 0.25) is 0 Å². The molecule has 1 unspecified atom stereocenters. The summed E-state index contributed by atoms with van der Waals surface area (Å²) in [5.41, 5.74) is 1.04. The first-order valence-corrected chi connectivity index (χ1v) is 8.49. The normalized spacial score (nSPS) is 20.4. The van der Waals surface area contributed by atoms with Crippen LogP contribution in [0.4, 0.5) is 5.13 Å². The molecule has 0 radical (unpaired) electrons. The molecule has 6 heteroatoms. The van der Waals surface area contributed by atoms with Gasteiger partial charge in [0.2, 0.25) is 0 Å². The van der Waals surface area contributed by atoms with Gasteiger partial charge < -0.3 is 10.1 Å². The van der Waals surface area contributed by atoms with E-state index in [2.05, 4.69) is 44.1 Å². The summed E-state index contributed by atoms with van der Waals surface area (Å²) in [7, 11) is 0. The topological polar surface area (TPSA) is 37.4 Å². The maximum Gasteiger partial charge on any atom is 0.183 e. The number of aromatic nitrogens is 1. The van der Waals surface area contributed by atoms with Crippen LogP contribution in [-0.2, 0) is 4.74 Å². The Hall–Kier alpha value is -0.690. The molecule has 1 aromatic carbocycles. The summed E-state index contributed by atoms with van der Waals surface area (Å²) in [6.07, 6.45) is 0.252. The SMILES string of the molecule is CCN1CCOC(CNc2nc3ccc(Br)cc3s2)C1. The highest BCUT2D eigenvalue weighted by atomic mass is 79.9. The Morgan fingerprint density at radius 3 is 3.30 bits per heavy atom. The zero-order valence-electron chi connectivity index (χ0n) is 11.4. The number of likely N-dealkylation sites (N-methyl/N-ethyl adjacent to an activating group) is 1. The van der Waals surface area contributed by atoms with E-state index in [1.165, 1.54) is 4.70 Å². The Bertz CT molecular complexity index is 589. The average Bonchev–Trinajstić information content (AvgIpc) is 2.87. The minimum atomic E-state index is 0.252. The van der Waals surface area contributed by atoms with Crippen molar-refractivity contribution in [1.29, 1.82) is 0 Å². The van der Waals surface area contributed by atoms with Gasteiger partial charge in [-0.25, -0.2) is 4.98 Å². The van der Waals surface area contributed by atoms with E-state index >= 15 is 0 Å². The molecular formula is C14H18BrN3OS. The third-order valence-corrected chi connectivity index (χ3v) is 4.97. The third-order valence-electron chi connectivity index (χ3n) is 3.50. The average molecular weight is 356 g/mol. The van der Waals surface area contributed by atoms with Gasteiger partial charge in [-0.05, 0) is 24.7 Å². The monoisotopic (exact) mass is 355 g/mol. The lowest BCUT2D eigenvalue weighted by molar-refractivity contribution is -0.0191. The first-order valence-electron chi connectivity index (χ1n) is 6.88. The number of hydrogen-bond acceptors (Lipinski definition) is 5. The molecule has 0 aliphatic carbocycles. The van der Waals surface area contributed by atoms with Crippen LogP contribution in [0, 0.1) is 0 Å². The van der Waals surface area contributed by atoms with Gasteiger partial charge in [-0.2, -0.15) is 0 Å². The second-order valence-corrected chi connectivity index (χ2v) is 6.84. The lowest BCUT2D eigenvalue weighted by atomic mass is 10.2. The molecule has 1 atom stereocenters. The van der Waals surface area contributed by atoms with E-state index in [0.29, 0.717) is 0 Å². The van der Waals surface area contributed by atoms with Crippen molar-refractivity contribution < 1.29 is 4.74 Å². The van der Waals surface area contributed by atoms with E-state index in [1.54, 1.807) is 11.3 Å². The highest BCUT2D eigenvalue weighted by Crippen LogP contribution is 2.28. The molecule has 1 fully saturated rings. The second-order valence-electron chi connectivity index (χ2n) is 4.90. The fourth-order valence-electron chi connectivity index (χ4n) is 2.37. The van der Waals surface area contributed by atoms with E-state index in [9.17, 15) is 0 Å². The van der Waals surface area contributed by atoms with Gasteiger partial charge in [-0.15, -0.1) is 0 Å². The number of anilines is 1. The maximum absolute atomic E-state index is 5.79. The first kappa shape index (κ1) is 14.3. The van der Waals surface area contributed by atoms with Gasteiger partial charge in [0, 0.05) is 24.1 Å². The molecular weight excluding hydrogens is 338 g/mol. The van der Waals surface area contributed by atoms with Crippen molar-refractivity contribution in [3.63, 3.8) is 0 Å². The van der Waals surface area contributed by atoms with E-state index in [0.717, 1.165) is 47.9 Å². The lowest BCUT2D eigenvalue weighted by Crippen LogP contribution is -2.45. The molecule has 1 N–H and O–H groups in total. The van der Waals surface area contributed by atoms with Crippen LogP contribution in [0.5, 0.6) is 0 Å². The molecule has 2 aromatic rings. The summed E-state index contributed by atoms with van der Waals surface area (Å²) in [4.78, 5) is 7.02. The summed E-state index contributed by atoms with van der Waals surface area (Å²) < 4.78 is 8.08. The number of halogens is 1. The van der Waals surface area contributed by atoms with Crippen molar-refractivity contribution in [3.8, 4) is 0 Å². The van der Waals surface area contributed by atoms with Gasteiger partial charge in [0.15, 0.2) is 5.13 Å². The number of nitrogens with zero attached hydrogens (tertiary/aromatic N) is 2. The minimum absolute atomic E-state index is 0.252. The standard InChI is InChI=1S/C14H18BrN3OS/c1-2-18-5-6-19-11(9-18)8-16-14-17-12-4-3-10(15)7-13(12)20-14/h3-4,7,11H,2,5-6,8-9H2,1H3,(H,16,17). The molecule has 1 aliphatic rings. The van der Waals surface area contributed by atoms with Gasteiger partial charge in [0.1, 0.15) is 0 Å². The third kappa shape index (κ3) is 3.31. The lowest BCUT2D eigenvalue weighted by Gasteiger charge is -2.32. The molecule has 1 saturated heterocycles. The largest absolute Gasteiger partial charge is 0.374 e. The predicted octanol–water partition coefficient (Wildman–Crippen LogP) is 3.19. The van der Waals surface area contributed by atoms with Crippen LogP contribution in [0.15, 0.2) is 22.7 Å². The molecule has 0 amide bonds. The Balaban J connectivity index is 1.62. The summed E-state index contributed by atoms with van der Waals surface area (Å²) in [6.45, 7) is 6.98. The van der Waals surface area contributed by atoms with Crippen LogP contribution in [0.3, 0.4) is 0 Å². The number of morpholine rings is 1. The number of nitrogens with one attached hydrogen (secondary N) is 1. The smallest absolute Gasteiger partial charge is 0.183 e. The van der Waals surface area contributed by atoms with Crippen molar-refractivity contribution in [2.24, 2.45) is 0 Å². The van der Waals surface area contributed by atoms with Gasteiger partial charge in [-0.3, -0.25) is 4.90 Å². The van der Waals surface area contributed by atoms with E-state index in [1.807, 2.05) is 12.1 Å². The Morgan fingerprint density at radius 2 is 2.45 bits per heavy atom. The Morgan fingerprint density at radius 1 is 1.55 bits per heavy atom. The van der Waals surface area contributed by atoms with Crippen LogP contribution in [-0.4, -0.2) is 48.8 Å². The van der Waals surface area contributed by atoms with Crippen LogP contribution >= 0.6 is 27.3 Å². The summed E-state index contributed by atoms with van der Waals surface area (Å²) in [5.74, 6) is 0. The van der Waals surface area contributed by atoms with Gasteiger partial charge >= 0.3 is 0 Å². The molecule has 108 valence electrons. The molecule has 4 nitrogen and oxygen atoms in total. The van der Waals surface area contributed by atoms with E-state index in [4.69, 9.17) is 4.74 Å². The van der Waals surface area contributed by atoms with Crippen molar-refractivity contribution in [3.05, 3.63) is 22.7 Å². The molecule has 0 spiro atoms. The fraction of sp³-hybridized carbons (Fsp3) is 0.500. The first-order chi connectivity index (χ1) is 9.74. The number of ether oxygens (including phenoxy) is 1. The number of benzene rings is 1. The maximum atomic E-state index is 5.79. The van der Waals surface area contributed by atoms with Crippen LogP contribution in [0.1, 0.15) is 6.92 Å². The molecule has 0 bridgehead atoms. The Labute approximate surface area is 131 Å². The van der Waals surface area contributed by atoms with E-state index in [-0.39, 0.29) is 6.10 Å². The molecule has 1 aliphatic heterocycles. The number of fused-ring (bicyclic) bond motifs is 1. The quantitative estimate of drug-likeness (QED) is 0.913. The van der Waals surface area contributed by atoms with Gasteiger partial charge in [0.05, 0.1) is 22.9 Å². The summed E-state index contributed by atoms with van der Waals surface area (Å²) in [6, 6.07) is 6.17. The summed E-state index contributed by atoms with van der Waals surface area (Å²) >= 11 is 5.18. The van der Waals surface area contributed by atoms with Crippen molar-refractivity contribution in [2.45, 2.75) is 13.0 Å². The Kier molecular flexibility index (Phi) is 4.55. The second kappa shape index (κ2) is 6.39. The zero-order valence-corrected chi connectivity index (χ0v) is 13.8. The van der Waals surface area contributed by atoms with E-state index < -0.39 is 0 Å². The minimum Gasteiger partial charge on any atom is -0.374 e. The molecule has 1 aromatic heterocycles. The highest BCUT2D eigenvalue weighted by Gasteiger charge is 2.19. The van der Waals surface area contributed by atoms with Gasteiger partial charge in [-0.1, -0.05) is 34.2 Å². The highest BCUT2D eigenvalue weighted by molar-refractivity contribution is 9.10. The summed E-state index contributed by atoms with van der Waals surface area (Å²) in [5, 5.41) is 4.38. The van der Waals surface area contributed by atoms with Crippen molar-refractivity contribution in [1.82, 2.24) is 9.88 Å². The number of rotatable bonds is 4. The number of hydrogen-bond donors (Lipinski definition) is 1. The molecule has 20 heavy (non-hydrogen) atoms. The van der Waals surface area contributed by atoms with Crippen LogP contribution < -0.4 is 5.32 Å². The fourth-order valence-corrected chi connectivity index (χ4v) is 3.79. The molecule has 0 saturated carbocycles. The van der Waals surface area contributed by atoms with Gasteiger partial charge in [0.25, 0.3) is 0 Å². The predicted molar refractivity (Wildman–Crippen MR) is 87.7 cm³/mol. The zero-order chi connectivity index (χ0) is 13.9. The molecule has 3 rings (SSSR count).